The zero-order valence-electron chi connectivity index (χ0n) is 8.72. The first-order valence-corrected chi connectivity index (χ1v) is 5.33. The highest BCUT2D eigenvalue weighted by Gasteiger charge is 2.12. The minimum absolute atomic E-state index is 0.0152. The third kappa shape index (κ3) is 2.40. The number of esters is 1. The molecule has 17 heavy (non-hydrogen) atoms. The van der Waals surface area contributed by atoms with Crippen LogP contribution in [0.3, 0.4) is 0 Å². The maximum atomic E-state index is 11.2. The summed E-state index contributed by atoms with van der Waals surface area (Å²) in [6.07, 6.45) is 1.39. The predicted octanol–water partition coefficient (Wildman–Crippen LogP) is 2.36. The lowest BCUT2D eigenvalue weighted by Crippen LogP contribution is -2.05. The van der Waals surface area contributed by atoms with E-state index in [1.54, 1.807) is 18.2 Å². The molecule has 5 nitrogen and oxygen atoms in total. The Hall–Kier alpha value is -1.59. The van der Waals surface area contributed by atoms with Crippen molar-refractivity contribution in [2.24, 2.45) is 0 Å². The lowest BCUT2D eigenvalue weighted by molar-refractivity contribution is 0.0587. The molecular formula is C10H7Cl2N3O2. The molecule has 88 valence electrons. The molecule has 0 N–H and O–H groups in total. The van der Waals surface area contributed by atoms with Crippen molar-refractivity contribution in [2.45, 2.75) is 0 Å². The van der Waals surface area contributed by atoms with E-state index in [4.69, 9.17) is 23.2 Å². The van der Waals surface area contributed by atoms with E-state index in [1.165, 1.54) is 18.1 Å². The van der Waals surface area contributed by atoms with E-state index < -0.39 is 5.97 Å². The molecule has 1 aromatic heterocycles. The molecule has 0 atom stereocenters. The molecule has 0 aliphatic heterocycles. The second kappa shape index (κ2) is 4.73. The third-order valence-electron chi connectivity index (χ3n) is 2.03. The summed E-state index contributed by atoms with van der Waals surface area (Å²) in [4.78, 5) is 15.0. The monoisotopic (exact) mass is 271 g/mol. The summed E-state index contributed by atoms with van der Waals surface area (Å²) in [5, 5.41) is 4.80. The quantitative estimate of drug-likeness (QED) is 0.787. The summed E-state index contributed by atoms with van der Waals surface area (Å²) < 4.78 is 5.92. The average molecular weight is 272 g/mol. The van der Waals surface area contributed by atoms with E-state index in [-0.39, 0.29) is 5.82 Å². The first-order chi connectivity index (χ1) is 8.11. The Kier molecular flexibility index (Phi) is 3.31. The van der Waals surface area contributed by atoms with Crippen LogP contribution in [0.4, 0.5) is 0 Å². The SMILES string of the molecule is COC(=O)c1ncn(-c2ccc(Cl)c(Cl)c2)n1. The number of hydrogen-bond acceptors (Lipinski definition) is 4. The van der Waals surface area contributed by atoms with Crippen LogP contribution in [-0.4, -0.2) is 27.8 Å². The van der Waals surface area contributed by atoms with Crippen molar-refractivity contribution in [1.29, 1.82) is 0 Å². The highest BCUT2D eigenvalue weighted by Crippen LogP contribution is 2.23. The lowest BCUT2D eigenvalue weighted by atomic mass is 10.3. The normalized spacial score (nSPS) is 10.3. The number of aromatic nitrogens is 3. The Morgan fingerprint density at radius 3 is 2.76 bits per heavy atom. The number of carbonyl (C=O) groups excluding carboxylic acids is 1. The summed E-state index contributed by atoms with van der Waals surface area (Å²) in [7, 11) is 1.27. The molecular weight excluding hydrogens is 265 g/mol. The summed E-state index contributed by atoms with van der Waals surface area (Å²) in [6.45, 7) is 0. The van der Waals surface area contributed by atoms with Crippen LogP contribution in [0.25, 0.3) is 5.69 Å². The maximum Gasteiger partial charge on any atom is 0.377 e. The Morgan fingerprint density at radius 1 is 1.35 bits per heavy atom. The molecule has 0 aliphatic carbocycles. The standard InChI is InChI=1S/C10H7Cl2N3O2/c1-17-10(16)9-13-5-15(14-9)6-2-3-7(11)8(12)4-6/h2-5H,1H3. The van der Waals surface area contributed by atoms with Crippen LogP contribution < -0.4 is 0 Å². The Bertz CT molecular complexity index is 568. The maximum absolute atomic E-state index is 11.2. The van der Waals surface area contributed by atoms with Crippen LogP contribution >= 0.6 is 23.2 Å². The van der Waals surface area contributed by atoms with Gasteiger partial charge in [0.15, 0.2) is 0 Å². The highest BCUT2D eigenvalue weighted by molar-refractivity contribution is 6.42. The minimum Gasteiger partial charge on any atom is -0.463 e. The molecule has 2 aromatic rings. The number of carbonyl (C=O) groups is 1. The Labute approximate surface area is 107 Å². The fourth-order valence-corrected chi connectivity index (χ4v) is 1.49. The van der Waals surface area contributed by atoms with Crippen molar-refractivity contribution in [1.82, 2.24) is 14.8 Å². The van der Waals surface area contributed by atoms with Gasteiger partial charge in [0.05, 0.1) is 22.8 Å². The van der Waals surface area contributed by atoms with Crippen LogP contribution in [0.1, 0.15) is 10.6 Å². The molecule has 0 aliphatic rings. The van der Waals surface area contributed by atoms with E-state index in [2.05, 4.69) is 14.8 Å². The van der Waals surface area contributed by atoms with Gasteiger partial charge in [-0.1, -0.05) is 23.2 Å². The minimum atomic E-state index is -0.594. The molecule has 0 saturated carbocycles. The van der Waals surface area contributed by atoms with E-state index in [0.717, 1.165) is 0 Å². The Balaban J connectivity index is 2.37. The number of rotatable bonds is 2. The number of methoxy groups -OCH3 is 1. The van der Waals surface area contributed by atoms with Crippen molar-refractivity contribution >= 4 is 29.2 Å². The van der Waals surface area contributed by atoms with E-state index in [1.807, 2.05) is 0 Å². The van der Waals surface area contributed by atoms with Gasteiger partial charge in [-0.3, -0.25) is 0 Å². The fraction of sp³-hybridized carbons (Fsp3) is 0.100. The number of ether oxygens (including phenoxy) is 1. The van der Waals surface area contributed by atoms with Gasteiger partial charge in [-0.05, 0) is 18.2 Å². The first-order valence-electron chi connectivity index (χ1n) is 4.57. The largest absolute Gasteiger partial charge is 0.463 e. The summed E-state index contributed by atoms with van der Waals surface area (Å²) in [5.74, 6) is -0.609. The fourth-order valence-electron chi connectivity index (χ4n) is 1.20. The molecule has 0 amide bonds. The van der Waals surface area contributed by atoms with Gasteiger partial charge in [0.1, 0.15) is 6.33 Å². The predicted molar refractivity (Wildman–Crippen MR) is 62.7 cm³/mol. The van der Waals surface area contributed by atoms with E-state index in [0.29, 0.717) is 15.7 Å². The molecule has 0 fully saturated rings. The molecule has 7 heteroatoms. The molecule has 0 radical (unpaired) electrons. The molecule has 0 saturated heterocycles. The number of benzene rings is 1. The van der Waals surface area contributed by atoms with Crippen molar-refractivity contribution in [3.8, 4) is 5.69 Å². The average Bonchev–Trinajstić information content (AvgIpc) is 2.81. The molecule has 1 heterocycles. The molecule has 0 unspecified atom stereocenters. The van der Waals surface area contributed by atoms with Crippen LogP contribution in [-0.2, 0) is 4.74 Å². The number of nitrogens with zero attached hydrogens (tertiary/aromatic N) is 3. The lowest BCUT2D eigenvalue weighted by Gasteiger charge is -2.01. The van der Waals surface area contributed by atoms with Gasteiger partial charge in [0, 0.05) is 0 Å². The van der Waals surface area contributed by atoms with Gasteiger partial charge in [-0.15, -0.1) is 5.10 Å². The summed E-state index contributed by atoms with van der Waals surface area (Å²) in [5.41, 5.74) is 0.655. The van der Waals surface area contributed by atoms with Gasteiger partial charge in [0.2, 0.25) is 0 Å². The van der Waals surface area contributed by atoms with Crippen molar-refractivity contribution < 1.29 is 9.53 Å². The zero-order valence-corrected chi connectivity index (χ0v) is 10.2. The zero-order chi connectivity index (χ0) is 12.4. The number of hydrogen-bond donors (Lipinski definition) is 0. The van der Waals surface area contributed by atoms with Gasteiger partial charge >= 0.3 is 5.97 Å². The molecule has 1 aromatic carbocycles. The van der Waals surface area contributed by atoms with Crippen LogP contribution in [0.5, 0.6) is 0 Å². The smallest absolute Gasteiger partial charge is 0.377 e. The molecule has 0 bridgehead atoms. The van der Waals surface area contributed by atoms with Crippen LogP contribution in [0, 0.1) is 0 Å². The van der Waals surface area contributed by atoms with Crippen molar-refractivity contribution in [3.63, 3.8) is 0 Å². The molecule has 2 rings (SSSR count). The summed E-state index contributed by atoms with van der Waals surface area (Å²) in [6, 6.07) is 4.97. The van der Waals surface area contributed by atoms with Crippen molar-refractivity contribution in [2.75, 3.05) is 7.11 Å². The summed E-state index contributed by atoms with van der Waals surface area (Å²) >= 11 is 11.7. The molecule has 0 spiro atoms. The van der Waals surface area contributed by atoms with Gasteiger partial charge in [-0.2, -0.15) is 0 Å². The van der Waals surface area contributed by atoms with Crippen molar-refractivity contribution in [3.05, 3.63) is 40.4 Å². The van der Waals surface area contributed by atoms with Crippen LogP contribution in [0.2, 0.25) is 10.0 Å². The van der Waals surface area contributed by atoms with E-state index >= 15 is 0 Å². The number of halogens is 2. The topological polar surface area (TPSA) is 57.0 Å². The first kappa shape index (κ1) is 11.9. The Morgan fingerprint density at radius 2 is 2.12 bits per heavy atom. The van der Waals surface area contributed by atoms with Gasteiger partial charge < -0.3 is 4.74 Å². The van der Waals surface area contributed by atoms with Gasteiger partial charge in [-0.25, -0.2) is 14.5 Å². The van der Waals surface area contributed by atoms with Gasteiger partial charge in [0.25, 0.3) is 5.82 Å². The van der Waals surface area contributed by atoms with E-state index in [9.17, 15) is 4.79 Å². The highest BCUT2D eigenvalue weighted by atomic mass is 35.5. The third-order valence-corrected chi connectivity index (χ3v) is 2.77. The second-order valence-corrected chi connectivity index (χ2v) is 3.92. The van der Waals surface area contributed by atoms with Crippen LogP contribution in [0.15, 0.2) is 24.5 Å². The second-order valence-electron chi connectivity index (χ2n) is 3.10.